The molecule has 0 bridgehead atoms. The summed E-state index contributed by atoms with van der Waals surface area (Å²) >= 11 is 0. The van der Waals surface area contributed by atoms with Gasteiger partial charge in [0.25, 0.3) is 0 Å². The molecule has 0 amide bonds. The topological polar surface area (TPSA) is 61.1 Å². The molecule has 25 heavy (non-hydrogen) atoms. The molecule has 0 aliphatic carbocycles. The number of carbonyl (C=O) groups is 1. The molecule has 132 valence electrons. The van der Waals surface area contributed by atoms with Crippen molar-refractivity contribution in [1.29, 1.82) is 0 Å². The molecule has 2 aromatic carbocycles. The SMILES string of the molecule is CCCn1c(N)[n+](CC(=O)c2ccc(OC)cc2)c2ccccc21.[Br-]. The van der Waals surface area contributed by atoms with E-state index in [9.17, 15) is 4.79 Å². The van der Waals surface area contributed by atoms with Crippen molar-refractivity contribution in [2.24, 2.45) is 0 Å². The molecule has 0 radical (unpaired) electrons. The maximum absolute atomic E-state index is 12.7. The van der Waals surface area contributed by atoms with Crippen molar-refractivity contribution >= 4 is 22.8 Å². The number of nitrogens with zero attached hydrogens (tertiary/aromatic N) is 2. The molecule has 0 fully saturated rings. The minimum Gasteiger partial charge on any atom is -1.00 e. The first kappa shape index (κ1) is 19.0. The lowest BCUT2D eigenvalue weighted by Crippen LogP contribution is -3.00. The lowest BCUT2D eigenvalue weighted by molar-refractivity contribution is -0.642. The maximum atomic E-state index is 12.7. The zero-order valence-corrected chi connectivity index (χ0v) is 16.0. The lowest BCUT2D eigenvalue weighted by Gasteiger charge is -2.04. The normalized spacial score (nSPS) is 10.5. The summed E-state index contributed by atoms with van der Waals surface area (Å²) < 4.78 is 9.09. The zero-order valence-electron chi connectivity index (χ0n) is 14.4. The summed E-state index contributed by atoms with van der Waals surface area (Å²) in [6, 6.07) is 15.1. The Labute approximate surface area is 157 Å². The van der Waals surface area contributed by atoms with Crippen LogP contribution in [0.4, 0.5) is 5.95 Å². The molecular formula is C19H22BrN3O2. The minimum atomic E-state index is 0. The third kappa shape index (κ3) is 3.69. The van der Waals surface area contributed by atoms with Crippen molar-refractivity contribution in [3.05, 3.63) is 54.1 Å². The van der Waals surface area contributed by atoms with Crippen molar-refractivity contribution in [1.82, 2.24) is 4.57 Å². The second-order valence-electron chi connectivity index (χ2n) is 5.74. The fourth-order valence-corrected chi connectivity index (χ4v) is 2.95. The highest BCUT2D eigenvalue weighted by molar-refractivity contribution is 5.95. The Morgan fingerprint density at radius 3 is 2.48 bits per heavy atom. The molecule has 0 spiro atoms. The number of imidazole rings is 1. The predicted molar refractivity (Wildman–Crippen MR) is 94.2 cm³/mol. The molecule has 0 unspecified atom stereocenters. The van der Waals surface area contributed by atoms with Gasteiger partial charge in [-0.25, -0.2) is 9.13 Å². The standard InChI is InChI=1S/C19H21N3O2.BrH/c1-3-12-21-16-6-4-5-7-17(16)22(19(21)20)13-18(23)14-8-10-15(24-2)11-9-14;/h4-11,20H,3,12-13H2,1-2H3;1H. The first-order chi connectivity index (χ1) is 11.7. The molecule has 3 aromatic rings. The maximum Gasteiger partial charge on any atom is 0.356 e. The molecule has 1 aromatic heterocycles. The number of anilines is 1. The van der Waals surface area contributed by atoms with E-state index in [1.165, 1.54) is 0 Å². The van der Waals surface area contributed by atoms with Gasteiger partial charge < -0.3 is 21.7 Å². The summed E-state index contributed by atoms with van der Waals surface area (Å²) in [6.45, 7) is 3.16. The largest absolute Gasteiger partial charge is 1.00 e. The van der Waals surface area contributed by atoms with Gasteiger partial charge in [-0.05, 0) is 42.8 Å². The molecule has 1 heterocycles. The lowest BCUT2D eigenvalue weighted by atomic mass is 10.1. The van der Waals surface area contributed by atoms with Crippen LogP contribution in [0.1, 0.15) is 23.7 Å². The van der Waals surface area contributed by atoms with E-state index in [0.717, 1.165) is 29.7 Å². The van der Waals surface area contributed by atoms with Gasteiger partial charge in [0.05, 0.1) is 13.7 Å². The second kappa shape index (κ2) is 8.16. The van der Waals surface area contributed by atoms with Crippen molar-refractivity contribution < 1.29 is 31.1 Å². The number of nitrogens with two attached hydrogens (primary N) is 1. The smallest absolute Gasteiger partial charge is 0.356 e. The third-order valence-electron chi connectivity index (χ3n) is 4.18. The summed E-state index contributed by atoms with van der Waals surface area (Å²) in [4.78, 5) is 12.7. The van der Waals surface area contributed by atoms with Crippen molar-refractivity contribution in [2.45, 2.75) is 26.4 Å². The predicted octanol–water partition coefficient (Wildman–Crippen LogP) is -0.183. The number of hydrogen-bond donors (Lipinski definition) is 1. The number of nitrogen functional groups attached to an aromatic ring is 1. The van der Waals surface area contributed by atoms with E-state index in [2.05, 4.69) is 11.5 Å². The molecular weight excluding hydrogens is 382 g/mol. The van der Waals surface area contributed by atoms with Crippen LogP contribution in [0, 0.1) is 0 Å². The van der Waals surface area contributed by atoms with Gasteiger partial charge >= 0.3 is 5.95 Å². The molecule has 0 atom stereocenters. The van der Waals surface area contributed by atoms with Crippen LogP contribution in [-0.2, 0) is 13.1 Å². The highest BCUT2D eigenvalue weighted by Crippen LogP contribution is 2.17. The summed E-state index contributed by atoms with van der Waals surface area (Å²) in [7, 11) is 1.61. The molecule has 3 rings (SSSR count). The van der Waals surface area contributed by atoms with E-state index in [0.29, 0.717) is 11.5 Å². The van der Waals surface area contributed by atoms with E-state index in [-0.39, 0.29) is 29.3 Å². The van der Waals surface area contributed by atoms with E-state index < -0.39 is 0 Å². The number of fused-ring (bicyclic) bond motifs is 1. The Morgan fingerprint density at radius 1 is 1.16 bits per heavy atom. The van der Waals surface area contributed by atoms with Gasteiger partial charge in [-0.15, -0.1) is 0 Å². The van der Waals surface area contributed by atoms with Crippen LogP contribution >= 0.6 is 0 Å². The Balaban J connectivity index is 0.00000225. The molecule has 0 saturated carbocycles. The number of ketones is 1. The number of rotatable bonds is 6. The first-order valence-corrected chi connectivity index (χ1v) is 8.09. The van der Waals surface area contributed by atoms with Gasteiger partial charge in [0.15, 0.2) is 5.78 Å². The fraction of sp³-hybridized carbons (Fsp3) is 0.263. The van der Waals surface area contributed by atoms with Gasteiger partial charge in [0.1, 0.15) is 23.3 Å². The van der Waals surface area contributed by atoms with Crippen LogP contribution in [0.2, 0.25) is 0 Å². The van der Waals surface area contributed by atoms with Gasteiger partial charge in [0.2, 0.25) is 0 Å². The number of aromatic nitrogens is 2. The average molecular weight is 404 g/mol. The number of hydrogen-bond acceptors (Lipinski definition) is 3. The van der Waals surface area contributed by atoms with Crippen molar-refractivity contribution in [2.75, 3.05) is 12.8 Å². The van der Waals surface area contributed by atoms with Crippen molar-refractivity contribution in [3.8, 4) is 5.75 Å². The van der Waals surface area contributed by atoms with E-state index in [4.69, 9.17) is 10.5 Å². The Morgan fingerprint density at radius 2 is 1.84 bits per heavy atom. The molecule has 0 aliphatic rings. The van der Waals surface area contributed by atoms with Gasteiger partial charge in [-0.1, -0.05) is 19.1 Å². The first-order valence-electron chi connectivity index (χ1n) is 8.09. The monoisotopic (exact) mass is 403 g/mol. The summed E-state index contributed by atoms with van der Waals surface area (Å²) in [6.07, 6.45) is 0.981. The van der Waals surface area contributed by atoms with Crippen molar-refractivity contribution in [3.63, 3.8) is 0 Å². The highest BCUT2D eigenvalue weighted by Gasteiger charge is 2.22. The molecule has 6 heteroatoms. The van der Waals surface area contributed by atoms with Crippen LogP contribution in [0.15, 0.2) is 48.5 Å². The van der Waals surface area contributed by atoms with E-state index in [1.807, 2.05) is 28.8 Å². The number of methoxy groups -OCH3 is 1. The summed E-state index contributed by atoms with van der Waals surface area (Å²) in [5, 5.41) is 0. The van der Waals surface area contributed by atoms with Crippen LogP contribution in [0.25, 0.3) is 11.0 Å². The van der Waals surface area contributed by atoms with Crippen LogP contribution in [-0.4, -0.2) is 17.5 Å². The number of para-hydroxylation sites is 2. The minimum absolute atomic E-state index is 0. The fourth-order valence-electron chi connectivity index (χ4n) is 2.95. The Bertz CT molecular complexity index is 872. The number of halogens is 1. The second-order valence-corrected chi connectivity index (χ2v) is 5.74. The zero-order chi connectivity index (χ0) is 17.1. The van der Waals surface area contributed by atoms with E-state index in [1.54, 1.807) is 31.4 Å². The number of ether oxygens (including phenoxy) is 1. The summed E-state index contributed by atoms with van der Waals surface area (Å²) in [5.41, 5.74) is 9.01. The van der Waals surface area contributed by atoms with Crippen LogP contribution in [0.5, 0.6) is 5.75 Å². The Hall–Kier alpha value is -2.34. The third-order valence-corrected chi connectivity index (χ3v) is 4.18. The number of benzene rings is 2. The number of aryl methyl sites for hydroxylation is 1. The van der Waals surface area contributed by atoms with Gasteiger partial charge in [-0.3, -0.25) is 10.5 Å². The molecule has 2 N–H and O–H groups in total. The summed E-state index contributed by atoms with van der Waals surface area (Å²) in [5.74, 6) is 1.37. The molecule has 5 nitrogen and oxygen atoms in total. The number of Topliss-reactive ketones (excluding diaryl/α,β-unsaturated/α-hetero) is 1. The van der Waals surface area contributed by atoms with E-state index >= 15 is 0 Å². The molecule has 0 aliphatic heterocycles. The quantitative estimate of drug-likeness (QED) is 0.458. The average Bonchev–Trinajstić information content (AvgIpc) is 2.88. The highest BCUT2D eigenvalue weighted by atomic mass is 79.9. The molecule has 0 saturated heterocycles. The van der Waals surface area contributed by atoms with Gasteiger partial charge in [-0.2, -0.15) is 0 Å². The number of carbonyl (C=O) groups excluding carboxylic acids is 1. The van der Waals surface area contributed by atoms with Crippen LogP contribution < -0.4 is 32.0 Å². The van der Waals surface area contributed by atoms with Gasteiger partial charge in [0, 0.05) is 5.56 Å². The Kier molecular flexibility index (Phi) is 6.20. The van der Waals surface area contributed by atoms with Crippen LogP contribution in [0.3, 0.4) is 0 Å².